The van der Waals surface area contributed by atoms with Crippen LogP contribution in [0, 0.1) is 6.92 Å². The molecule has 0 fully saturated rings. The van der Waals surface area contributed by atoms with Gasteiger partial charge in [0.2, 0.25) is 15.9 Å². The van der Waals surface area contributed by atoms with Crippen LogP contribution in [0.25, 0.3) is 0 Å². The number of sulfonamides is 1. The highest BCUT2D eigenvalue weighted by molar-refractivity contribution is 7.99. The molecule has 0 bridgehead atoms. The van der Waals surface area contributed by atoms with E-state index in [2.05, 4.69) is 15.5 Å². The van der Waals surface area contributed by atoms with Gasteiger partial charge in [0.15, 0.2) is 5.16 Å². The zero-order valence-corrected chi connectivity index (χ0v) is 19.9. The molecule has 0 unspecified atom stereocenters. The Balaban J connectivity index is 1.72. The summed E-state index contributed by atoms with van der Waals surface area (Å²) in [5.74, 6) is 0.865. The molecule has 170 valence electrons. The molecule has 0 saturated heterocycles. The summed E-state index contributed by atoms with van der Waals surface area (Å²) in [6, 6.07) is 14.3. The first-order valence-electron chi connectivity index (χ1n) is 9.69. The average molecular weight is 476 g/mol. The minimum atomic E-state index is -3.65. The van der Waals surface area contributed by atoms with E-state index in [1.54, 1.807) is 0 Å². The molecule has 2 aromatic carbocycles. The molecule has 9 nitrogen and oxygen atoms in total. The molecule has 1 aromatic heterocycles. The molecule has 11 heteroatoms. The number of hydrogen-bond donors (Lipinski definition) is 1. The van der Waals surface area contributed by atoms with Gasteiger partial charge in [-0.25, -0.2) is 12.7 Å². The van der Waals surface area contributed by atoms with E-state index in [0.29, 0.717) is 17.5 Å². The molecule has 1 N–H and O–H groups in total. The second-order valence-corrected chi connectivity index (χ2v) is 10.2. The molecule has 3 aromatic rings. The van der Waals surface area contributed by atoms with Crippen molar-refractivity contribution in [2.45, 2.75) is 23.5 Å². The first-order chi connectivity index (χ1) is 15.2. The highest BCUT2D eigenvalue weighted by Crippen LogP contribution is 2.29. The maximum Gasteiger partial charge on any atom is 0.242 e. The van der Waals surface area contributed by atoms with Gasteiger partial charge in [0.05, 0.1) is 30.0 Å². The number of anilines is 1. The van der Waals surface area contributed by atoms with E-state index in [1.807, 2.05) is 41.8 Å². The van der Waals surface area contributed by atoms with E-state index in [9.17, 15) is 13.2 Å². The van der Waals surface area contributed by atoms with E-state index >= 15 is 0 Å². The van der Waals surface area contributed by atoms with Gasteiger partial charge in [-0.1, -0.05) is 42.1 Å². The second-order valence-electron chi connectivity index (χ2n) is 7.09. The molecule has 3 rings (SSSR count). The zero-order chi connectivity index (χ0) is 23.3. The molecule has 0 aliphatic carbocycles. The summed E-state index contributed by atoms with van der Waals surface area (Å²) in [5, 5.41) is 11.7. The van der Waals surface area contributed by atoms with Crippen LogP contribution in [0.2, 0.25) is 0 Å². The van der Waals surface area contributed by atoms with Crippen LogP contribution in [-0.4, -0.2) is 60.4 Å². The number of nitrogens with one attached hydrogen (secondary N) is 1. The molecule has 32 heavy (non-hydrogen) atoms. The average Bonchev–Trinajstić information content (AvgIpc) is 3.12. The standard InChI is InChI=1S/C21H25N5O4S2/c1-15-23-24-21(26(15)13-16-8-6-5-7-9-16)31-14-20(27)22-18-12-17(10-11-19(18)30-4)32(28,29)25(2)3/h5-12H,13-14H2,1-4H3,(H,22,27). The van der Waals surface area contributed by atoms with Gasteiger partial charge >= 0.3 is 0 Å². The molecule has 0 radical (unpaired) electrons. The fraction of sp³-hybridized carbons (Fsp3) is 0.286. The number of carbonyl (C=O) groups is 1. The van der Waals surface area contributed by atoms with Crippen LogP contribution in [0.3, 0.4) is 0 Å². The molecule has 0 atom stereocenters. The molecule has 0 aliphatic rings. The van der Waals surface area contributed by atoms with Crippen molar-refractivity contribution in [1.82, 2.24) is 19.1 Å². The van der Waals surface area contributed by atoms with Crippen LogP contribution >= 0.6 is 11.8 Å². The number of methoxy groups -OCH3 is 1. The van der Waals surface area contributed by atoms with E-state index in [0.717, 1.165) is 15.7 Å². The van der Waals surface area contributed by atoms with Gasteiger partial charge in [-0.05, 0) is 30.7 Å². The van der Waals surface area contributed by atoms with Gasteiger partial charge in [0.25, 0.3) is 0 Å². The molecular formula is C21H25N5O4S2. The van der Waals surface area contributed by atoms with Crippen molar-refractivity contribution in [3.05, 3.63) is 59.9 Å². The maximum absolute atomic E-state index is 12.6. The molecule has 1 heterocycles. The summed E-state index contributed by atoms with van der Waals surface area (Å²) in [6.45, 7) is 2.46. The number of benzene rings is 2. The highest BCUT2D eigenvalue weighted by atomic mass is 32.2. The van der Waals surface area contributed by atoms with Crippen LogP contribution in [0.4, 0.5) is 5.69 Å². The Labute approximate surface area is 191 Å². The third kappa shape index (κ3) is 5.47. The van der Waals surface area contributed by atoms with E-state index in [4.69, 9.17) is 4.74 Å². The SMILES string of the molecule is COc1ccc(S(=O)(=O)N(C)C)cc1NC(=O)CSc1nnc(C)n1Cc1ccccc1. The van der Waals surface area contributed by atoms with Crippen molar-refractivity contribution >= 4 is 33.4 Å². The fourth-order valence-corrected chi connectivity index (χ4v) is 4.60. The van der Waals surface area contributed by atoms with Crippen molar-refractivity contribution in [2.24, 2.45) is 0 Å². The van der Waals surface area contributed by atoms with Crippen molar-refractivity contribution in [2.75, 3.05) is 32.3 Å². The molecule has 1 amide bonds. The summed E-state index contributed by atoms with van der Waals surface area (Å²) >= 11 is 1.25. The number of hydrogen-bond acceptors (Lipinski definition) is 7. The van der Waals surface area contributed by atoms with Crippen LogP contribution < -0.4 is 10.1 Å². The van der Waals surface area contributed by atoms with Gasteiger partial charge in [0.1, 0.15) is 11.6 Å². The number of aromatic nitrogens is 3. The lowest BCUT2D eigenvalue weighted by Crippen LogP contribution is -2.22. The van der Waals surface area contributed by atoms with Crippen molar-refractivity contribution in [3.63, 3.8) is 0 Å². The number of nitrogens with zero attached hydrogens (tertiary/aromatic N) is 4. The molecule has 0 saturated carbocycles. The number of carbonyl (C=O) groups excluding carboxylic acids is 1. The van der Waals surface area contributed by atoms with E-state index < -0.39 is 10.0 Å². The maximum atomic E-state index is 12.6. The Morgan fingerprint density at radius 1 is 1.16 bits per heavy atom. The minimum absolute atomic E-state index is 0.0597. The van der Waals surface area contributed by atoms with E-state index in [-0.39, 0.29) is 22.2 Å². The normalized spacial score (nSPS) is 11.5. The highest BCUT2D eigenvalue weighted by Gasteiger charge is 2.20. The lowest BCUT2D eigenvalue weighted by atomic mass is 10.2. The van der Waals surface area contributed by atoms with Crippen molar-refractivity contribution in [1.29, 1.82) is 0 Å². The first-order valence-corrected chi connectivity index (χ1v) is 12.1. The second kappa shape index (κ2) is 10.2. The molecular weight excluding hydrogens is 450 g/mol. The number of aryl methyl sites for hydroxylation is 1. The predicted molar refractivity (Wildman–Crippen MR) is 124 cm³/mol. The Morgan fingerprint density at radius 2 is 1.88 bits per heavy atom. The van der Waals surface area contributed by atoms with Gasteiger partial charge in [-0.3, -0.25) is 4.79 Å². The van der Waals surface area contributed by atoms with Crippen molar-refractivity contribution < 1.29 is 17.9 Å². The first kappa shape index (κ1) is 23.8. The largest absolute Gasteiger partial charge is 0.495 e. The monoisotopic (exact) mass is 475 g/mol. The van der Waals surface area contributed by atoms with Gasteiger partial charge in [-0.15, -0.1) is 10.2 Å². The third-order valence-electron chi connectivity index (χ3n) is 4.64. The van der Waals surface area contributed by atoms with Gasteiger partial charge in [0, 0.05) is 14.1 Å². The van der Waals surface area contributed by atoms with Crippen molar-refractivity contribution in [3.8, 4) is 5.75 Å². The van der Waals surface area contributed by atoms with Crippen LogP contribution in [0.5, 0.6) is 5.75 Å². The Morgan fingerprint density at radius 3 is 2.53 bits per heavy atom. The number of amides is 1. The topological polar surface area (TPSA) is 106 Å². The smallest absolute Gasteiger partial charge is 0.242 e. The molecule has 0 aliphatic heterocycles. The number of thioether (sulfide) groups is 1. The predicted octanol–water partition coefficient (Wildman–Crippen LogP) is 2.62. The minimum Gasteiger partial charge on any atom is -0.495 e. The van der Waals surface area contributed by atoms with E-state index in [1.165, 1.54) is 51.2 Å². The lowest BCUT2D eigenvalue weighted by Gasteiger charge is -2.15. The quantitative estimate of drug-likeness (QED) is 0.474. The Hall–Kier alpha value is -2.89. The summed E-state index contributed by atoms with van der Waals surface area (Å²) < 4.78 is 33.2. The lowest BCUT2D eigenvalue weighted by molar-refractivity contribution is -0.113. The Bertz CT molecular complexity index is 1190. The summed E-state index contributed by atoms with van der Waals surface area (Å²) in [6.07, 6.45) is 0. The fourth-order valence-electron chi connectivity index (χ4n) is 2.89. The Kier molecular flexibility index (Phi) is 7.54. The van der Waals surface area contributed by atoms with Crippen LogP contribution in [-0.2, 0) is 21.4 Å². The third-order valence-corrected chi connectivity index (χ3v) is 7.42. The summed E-state index contributed by atoms with van der Waals surface area (Å²) in [4.78, 5) is 12.7. The van der Waals surface area contributed by atoms with Crippen LogP contribution in [0.15, 0.2) is 58.6 Å². The summed E-state index contributed by atoms with van der Waals surface area (Å²) in [5.41, 5.74) is 1.38. The molecule has 0 spiro atoms. The summed E-state index contributed by atoms with van der Waals surface area (Å²) in [7, 11) is 0.698. The van der Waals surface area contributed by atoms with Crippen LogP contribution in [0.1, 0.15) is 11.4 Å². The zero-order valence-electron chi connectivity index (χ0n) is 18.3. The van der Waals surface area contributed by atoms with Gasteiger partial charge < -0.3 is 14.6 Å². The number of ether oxygens (including phenoxy) is 1. The number of rotatable bonds is 9. The van der Waals surface area contributed by atoms with Gasteiger partial charge in [-0.2, -0.15) is 0 Å².